The van der Waals surface area contributed by atoms with Gasteiger partial charge in [0.1, 0.15) is 0 Å². The van der Waals surface area contributed by atoms with Gasteiger partial charge >= 0.3 is 0 Å². The molecule has 0 aromatic heterocycles. The van der Waals surface area contributed by atoms with Gasteiger partial charge in [0, 0.05) is 12.3 Å². The zero-order valence-electron chi connectivity index (χ0n) is 9.02. The lowest BCUT2D eigenvalue weighted by atomic mass is 9.90. The Hall–Kier alpha value is -1.90. The molecule has 1 aliphatic heterocycles. The maximum atomic E-state index is 11.3. The molecule has 0 saturated carbocycles. The van der Waals surface area contributed by atoms with Gasteiger partial charge in [0.25, 0.3) is 0 Å². The molecule has 1 aromatic carbocycles. The Morgan fingerprint density at radius 1 is 1.44 bits per heavy atom. The molecule has 3 nitrogen and oxygen atoms in total. The molecule has 82 valence electrons. The number of hydrazone groups is 1. The highest BCUT2D eigenvalue weighted by molar-refractivity contribution is 6.05. The Bertz CT molecular complexity index is 423. The third kappa shape index (κ3) is 2.19. The Balaban J connectivity index is 2.30. The van der Waals surface area contributed by atoms with E-state index in [0.717, 1.165) is 17.7 Å². The van der Waals surface area contributed by atoms with Crippen molar-refractivity contribution in [1.29, 1.82) is 0 Å². The fourth-order valence-corrected chi connectivity index (χ4v) is 1.89. The molecule has 1 N–H and O–H groups in total. The number of carbonyl (C=O) groups is 1. The molecule has 16 heavy (non-hydrogen) atoms. The van der Waals surface area contributed by atoms with Gasteiger partial charge in [-0.1, -0.05) is 36.4 Å². The van der Waals surface area contributed by atoms with Crippen LogP contribution in [0.2, 0.25) is 0 Å². The minimum absolute atomic E-state index is 0.0217. The van der Waals surface area contributed by atoms with Crippen LogP contribution in [0.1, 0.15) is 18.4 Å². The molecular formula is C13H14N2O. The Morgan fingerprint density at radius 2 is 2.19 bits per heavy atom. The SMILES string of the molecule is C=CCC1CC(=O)NN=C1c1ccccc1. The lowest BCUT2D eigenvalue weighted by Gasteiger charge is -2.21. The van der Waals surface area contributed by atoms with Gasteiger partial charge in [-0.05, 0) is 12.0 Å². The molecule has 0 radical (unpaired) electrons. The molecule has 0 aliphatic carbocycles. The standard InChI is InChI=1S/C13H14N2O/c1-2-6-11-9-12(16)14-15-13(11)10-7-4-3-5-8-10/h2-5,7-8,11H,1,6,9H2,(H,14,16). The van der Waals surface area contributed by atoms with E-state index in [2.05, 4.69) is 17.1 Å². The van der Waals surface area contributed by atoms with Crippen molar-refractivity contribution in [3.63, 3.8) is 0 Å². The van der Waals surface area contributed by atoms with Gasteiger partial charge in [0.05, 0.1) is 5.71 Å². The first-order chi connectivity index (χ1) is 7.81. The molecule has 1 aromatic rings. The van der Waals surface area contributed by atoms with Gasteiger partial charge in [0.15, 0.2) is 0 Å². The summed E-state index contributed by atoms with van der Waals surface area (Å²) in [6.45, 7) is 3.72. The quantitative estimate of drug-likeness (QED) is 0.769. The molecule has 1 aliphatic rings. The molecule has 1 unspecified atom stereocenters. The first-order valence-corrected chi connectivity index (χ1v) is 5.34. The Labute approximate surface area is 94.9 Å². The molecule has 1 amide bonds. The van der Waals surface area contributed by atoms with Crippen LogP contribution in [0, 0.1) is 5.92 Å². The number of hydrogen-bond donors (Lipinski definition) is 1. The zero-order chi connectivity index (χ0) is 11.4. The second-order valence-electron chi connectivity index (χ2n) is 3.82. The van der Waals surface area contributed by atoms with Crippen LogP contribution in [0.15, 0.2) is 48.1 Å². The van der Waals surface area contributed by atoms with Crippen LogP contribution in [0.4, 0.5) is 0 Å². The van der Waals surface area contributed by atoms with Crippen LogP contribution >= 0.6 is 0 Å². The molecule has 0 bridgehead atoms. The number of benzene rings is 1. The minimum Gasteiger partial charge on any atom is -0.273 e. The number of amides is 1. The largest absolute Gasteiger partial charge is 0.273 e. The van der Waals surface area contributed by atoms with Gasteiger partial charge in [-0.2, -0.15) is 5.10 Å². The third-order valence-electron chi connectivity index (χ3n) is 2.64. The highest BCUT2D eigenvalue weighted by Gasteiger charge is 2.24. The number of hydrogen-bond acceptors (Lipinski definition) is 2. The minimum atomic E-state index is -0.0217. The zero-order valence-corrected chi connectivity index (χ0v) is 9.02. The summed E-state index contributed by atoms with van der Waals surface area (Å²) >= 11 is 0. The summed E-state index contributed by atoms with van der Waals surface area (Å²) in [5, 5.41) is 4.15. The molecule has 0 fully saturated rings. The number of nitrogens with zero attached hydrogens (tertiary/aromatic N) is 1. The third-order valence-corrected chi connectivity index (χ3v) is 2.64. The van der Waals surface area contributed by atoms with Crippen molar-refractivity contribution in [1.82, 2.24) is 5.43 Å². The second-order valence-corrected chi connectivity index (χ2v) is 3.82. The van der Waals surface area contributed by atoms with Crippen LogP contribution in [-0.4, -0.2) is 11.6 Å². The summed E-state index contributed by atoms with van der Waals surface area (Å²) in [5.41, 5.74) is 4.54. The van der Waals surface area contributed by atoms with Crippen LogP contribution in [-0.2, 0) is 4.79 Å². The lowest BCUT2D eigenvalue weighted by Crippen LogP contribution is -2.33. The summed E-state index contributed by atoms with van der Waals surface area (Å²) in [4.78, 5) is 11.3. The van der Waals surface area contributed by atoms with E-state index in [1.54, 1.807) is 0 Å². The summed E-state index contributed by atoms with van der Waals surface area (Å²) in [7, 11) is 0. The molecule has 1 atom stereocenters. The van der Waals surface area contributed by atoms with Gasteiger partial charge in [-0.3, -0.25) is 4.79 Å². The summed E-state index contributed by atoms with van der Waals surface area (Å²) < 4.78 is 0. The Kier molecular flexibility index (Phi) is 3.15. The summed E-state index contributed by atoms with van der Waals surface area (Å²) in [6.07, 6.45) is 3.10. The normalized spacial score (nSPS) is 19.9. The van der Waals surface area contributed by atoms with E-state index in [0.29, 0.717) is 6.42 Å². The maximum absolute atomic E-state index is 11.3. The van der Waals surface area contributed by atoms with Gasteiger partial charge in [-0.15, -0.1) is 6.58 Å². The average molecular weight is 214 g/mol. The van der Waals surface area contributed by atoms with Crippen molar-refractivity contribution >= 4 is 11.6 Å². The van der Waals surface area contributed by atoms with Gasteiger partial charge in [-0.25, -0.2) is 5.43 Å². The van der Waals surface area contributed by atoms with E-state index >= 15 is 0 Å². The number of rotatable bonds is 3. The highest BCUT2D eigenvalue weighted by atomic mass is 16.2. The van der Waals surface area contributed by atoms with E-state index < -0.39 is 0 Å². The molecular weight excluding hydrogens is 200 g/mol. The van der Waals surface area contributed by atoms with E-state index in [-0.39, 0.29) is 11.8 Å². The highest BCUT2D eigenvalue weighted by Crippen LogP contribution is 2.20. The monoisotopic (exact) mass is 214 g/mol. The first-order valence-electron chi connectivity index (χ1n) is 5.34. The van der Waals surface area contributed by atoms with E-state index in [4.69, 9.17) is 0 Å². The Morgan fingerprint density at radius 3 is 2.88 bits per heavy atom. The molecule has 0 saturated heterocycles. The van der Waals surface area contributed by atoms with Crippen molar-refractivity contribution in [2.45, 2.75) is 12.8 Å². The second kappa shape index (κ2) is 4.75. The van der Waals surface area contributed by atoms with Crippen LogP contribution in [0.25, 0.3) is 0 Å². The summed E-state index contributed by atoms with van der Waals surface area (Å²) in [6, 6.07) is 9.92. The topological polar surface area (TPSA) is 41.5 Å². The molecule has 1 heterocycles. The van der Waals surface area contributed by atoms with Crippen LogP contribution in [0.3, 0.4) is 0 Å². The number of nitrogens with one attached hydrogen (secondary N) is 1. The van der Waals surface area contributed by atoms with Crippen molar-refractivity contribution in [3.05, 3.63) is 48.6 Å². The first kappa shape index (κ1) is 10.6. The van der Waals surface area contributed by atoms with Crippen LogP contribution < -0.4 is 5.43 Å². The maximum Gasteiger partial charge on any atom is 0.240 e. The number of allylic oxidation sites excluding steroid dienone is 1. The number of carbonyl (C=O) groups excluding carboxylic acids is 1. The predicted octanol–water partition coefficient (Wildman–Crippen LogP) is 2.10. The fraction of sp³-hybridized carbons (Fsp3) is 0.231. The van der Waals surface area contributed by atoms with Gasteiger partial charge < -0.3 is 0 Å². The predicted molar refractivity (Wildman–Crippen MR) is 64.0 cm³/mol. The smallest absolute Gasteiger partial charge is 0.240 e. The van der Waals surface area contributed by atoms with Crippen molar-refractivity contribution in [2.24, 2.45) is 11.0 Å². The lowest BCUT2D eigenvalue weighted by molar-refractivity contribution is -0.122. The van der Waals surface area contributed by atoms with E-state index in [1.807, 2.05) is 36.4 Å². The van der Waals surface area contributed by atoms with E-state index in [1.165, 1.54) is 0 Å². The summed E-state index contributed by atoms with van der Waals surface area (Å²) in [5.74, 6) is 0.125. The molecule has 2 rings (SSSR count). The van der Waals surface area contributed by atoms with Gasteiger partial charge in [0.2, 0.25) is 5.91 Å². The van der Waals surface area contributed by atoms with Crippen molar-refractivity contribution in [3.8, 4) is 0 Å². The van der Waals surface area contributed by atoms with Crippen LogP contribution in [0.5, 0.6) is 0 Å². The van der Waals surface area contributed by atoms with Crippen molar-refractivity contribution in [2.75, 3.05) is 0 Å². The van der Waals surface area contributed by atoms with E-state index in [9.17, 15) is 4.79 Å². The fourth-order valence-electron chi connectivity index (χ4n) is 1.89. The van der Waals surface area contributed by atoms with Crippen molar-refractivity contribution < 1.29 is 4.79 Å². The molecule has 3 heteroatoms. The average Bonchev–Trinajstić information content (AvgIpc) is 2.31. The molecule has 0 spiro atoms.